The van der Waals surface area contributed by atoms with Crippen LogP contribution in [-0.2, 0) is 4.79 Å². The molecule has 0 saturated heterocycles. The zero-order valence-electron chi connectivity index (χ0n) is 16.3. The molecule has 0 spiro atoms. The maximum Gasteiger partial charge on any atom is 0.243 e. The van der Waals surface area contributed by atoms with Gasteiger partial charge in [0, 0.05) is 17.4 Å². The van der Waals surface area contributed by atoms with Crippen molar-refractivity contribution in [3.05, 3.63) is 48.5 Å². The molecule has 1 amide bonds. The summed E-state index contributed by atoms with van der Waals surface area (Å²) in [6, 6.07) is 15.1. The molecule has 2 aromatic rings. The fourth-order valence-corrected chi connectivity index (χ4v) is 2.39. The lowest BCUT2D eigenvalue weighted by molar-refractivity contribution is -0.114. The first-order chi connectivity index (χ1) is 13.2. The molecule has 0 aliphatic rings. The molecule has 0 bridgehead atoms. The van der Waals surface area contributed by atoms with Crippen LogP contribution < -0.4 is 20.1 Å². The smallest absolute Gasteiger partial charge is 0.243 e. The summed E-state index contributed by atoms with van der Waals surface area (Å²) in [7, 11) is 0. The summed E-state index contributed by atoms with van der Waals surface area (Å²) in [6.07, 6.45) is 4.27. The second-order valence-corrected chi connectivity index (χ2v) is 6.36. The van der Waals surface area contributed by atoms with Crippen LogP contribution >= 0.6 is 0 Å². The first-order valence-corrected chi connectivity index (χ1v) is 9.70. The van der Waals surface area contributed by atoms with Gasteiger partial charge in [-0.3, -0.25) is 4.79 Å². The number of hydrogen-bond donors (Lipinski definition) is 2. The highest BCUT2D eigenvalue weighted by Gasteiger charge is 2.04. The monoisotopic (exact) mass is 370 g/mol. The van der Waals surface area contributed by atoms with Crippen LogP contribution in [0.1, 0.15) is 39.5 Å². The minimum absolute atomic E-state index is 0.105. The van der Waals surface area contributed by atoms with E-state index >= 15 is 0 Å². The molecular formula is C22H30N2O3. The van der Waals surface area contributed by atoms with Gasteiger partial charge in [-0.15, -0.1) is 0 Å². The van der Waals surface area contributed by atoms with Crippen molar-refractivity contribution in [1.82, 2.24) is 0 Å². The van der Waals surface area contributed by atoms with Crippen molar-refractivity contribution in [2.45, 2.75) is 39.5 Å². The van der Waals surface area contributed by atoms with E-state index in [4.69, 9.17) is 9.47 Å². The number of ether oxygens (including phenoxy) is 2. The van der Waals surface area contributed by atoms with E-state index in [2.05, 4.69) is 24.5 Å². The van der Waals surface area contributed by atoms with Crippen molar-refractivity contribution in [2.75, 3.05) is 30.4 Å². The number of amides is 1. The quantitative estimate of drug-likeness (QED) is 0.511. The Bertz CT molecular complexity index is 686. The van der Waals surface area contributed by atoms with Gasteiger partial charge in [-0.2, -0.15) is 0 Å². The summed E-state index contributed by atoms with van der Waals surface area (Å²) < 4.78 is 11.3. The number of hydrogen-bond acceptors (Lipinski definition) is 4. The highest BCUT2D eigenvalue weighted by molar-refractivity contribution is 5.93. The molecule has 0 aromatic heterocycles. The van der Waals surface area contributed by atoms with Crippen LogP contribution in [0.15, 0.2) is 48.5 Å². The van der Waals surface area contributed by atoms with Gasteiger partial charge in [-0.1, -0.05) is 32.8 Å². The van der Waals surface area contributed by atoms with E-state index in [1.54, 1.807) is 0 Å². The lowest BCUT2D eigenvalue weighted by Crippen LogP contribution is -2.21. The van der Waals surface area contributed by atoms with Crippen LogP contribution in [0, 0.1) is 0 Å². The average Bonchev–Trinajstić information content (AvgIpc) is 2.69. The topological polar surface area (TPSA) is 59.6 Å². The Kier molecular flexibility index (Phi) is 9.04. The van der Waals surface area contributed by atoms with Crippen molar-refractivity contribution >= 4 is 17.3 Å². The number of nitrogens with one attached hydrogen (secondary N) is 2. The minimum Gasteiger partial charge on any atom is -0.494 e. The Morgan fingerprint density at radius 1 is 0.852 bits per heavy atom. The van der Waals surface area contributed by atoms with Crippen molar-refractivity contribution in [3.8, 4) is 11.5 Å². The zero-order chi connectivity index (χ0) is 19.3. The molecule has 2 aromatic carbocycles. The van der Waals surface area contributed by atoms with Gasteiger partial charge < -0.3 is 20.1 Å². The Balaban J connectivity index is 1.76. The molecule has 0 heterocycles. The van der Waals surface area contributed by atoms with Crippen LogP contribution in [0.25, 0.3) is 0 Å². The molecule has 2 N–H and O–H groups in total. The third-order valence-corrected chi connectivity index (χ3v) is 3.96. The first-order valence-electron chi connectivity index (χ1n) is 9.70. The van der Waals surface area contributed by atoms with Gasteiger partial charge in [0.2, 0.25) is 5.91 Å². The third-order valence-electron chi connectivity index (χ3n) is 3.96. The number of carbonyl (C=O) groups excluding carboxylic acids is 1. The van der Waals surface area contributed by atoms with Crippen molar-refractivity contribution in [1.29, 1.82) is 0 Å². The average molecular weight is 370 g/mol. The first kappa shape index (κ1) is 20.6. The number of carbonyl (C=O) groups is 1. The van der Waals surface area contributed by atoms with E-state index < -0.39 is 0 Å². The Labute approximate surface area is 162 Å². The number of anilines is 2. The Morgan fingerprint density at radius 3 is 2.19 bits per heavy atom. The van der Waals surface area contributed by atoms with Crippen molar-refractivity contribution in [2.24, 2.45) is 0 Å². The third kappa shape index (κ3) is 8.03. The van der Waals surface area contributed by atoms with Gasteiger partial charge >= 0.3 is 0 Å². The maximum absolute atomic E-state index is 12.1. The van der Waals surface area contributed by atoms with E-state index in [9.17, 15) is 4.79 Å². The Morgan fingerprint density at radius 2 is 1.52 bits per heavy atom. The van der Waals surface area contributed by atoms with E-state index in [0.29, 0.717) is 13.2 Å². The van der Waals surface area contributed by atoms with Gasteiger partial charge in [-0.25, -0.2) is 0 Å². The highest BCUT2D eigenvalue weighted by Crippen LogP contribution is 2.18. The van der Waals surface area contributed by atoms with Gasteiger partial charge in [0.1, 0.15) is 11.5 Å². The normalized spacial score (nSPS) is 10.3. The van der Waals surface area contributed by atoms with E-state index in [1.807, 2.05) is 48.5 Å². The molecule has 0 unspecified atom stereocenters. The lowest BCUT2D eigenvalue weighted by atomic mass is 10.3. The SMILES string of the molecule is CCCCOc1ccc(NC(=O)CNc2cccc(OCCCC)c2)cc1. The molecule has 0 fully saturated rings. The molecule has 0 aliphatic heterocycles. The fraction of sp³-hybridized carbons (Fsp3) is 0.409. The molecule has 0 radical (unpaired) electrons. The Hall–Kier alpha value is -2.69. The standard InChI is InChI=1S/C22H30N2O3/c1-3-5-14-26-20-12-10-18(11-13-20)24-22(25)17-23-19-8-7-9-21(16-19)27-15-6-4-2/h7-13,16,23H,3-6,14-15,17H2,1-2H3,(H,24,25). The summed E-state index contributed by atoms with van der Waals surface area (Å²) in [5.41, 5.74) is 1.61. The summed E-state index contributed by atoms with van der Waals surface area (Å²) >= 11 is 0. The minimum atomic E-state index is -0.105. The van der Waals surface area contributed by atoms with Gasteiger partial charge in [-0.05, 0) is 49.2 Å². The van der Waals surface area contributed by atoms with Crippen molar-refractivity contribution in [3.63, 3.8) is 0 Å². The van der Waals surface area contributed by atoms with Crippen LogP contribution in [0.4, 0.5) is 11.4 Å². The fourth-order valence-electron chi connectivity index (χ4n) is 2.39. The largest absolute Gasteiger partial charge is 0.494 e. The van der Waals surface area contributed by atoms with Gasteiger partial charge in [0.15, 0.2) is 0 Å². The summed E-state index contributed by atoms with van der Waals surface area (Å²) in [5.74, 6) is 1.53. The van der Waals surface area contributed by atoms with E-state index in [1.165, 1.54) is 0 Å². The molecule has 0 atom stereocenters. The molecule has 5 nitrogen and oxygen atoms in total. The highest BCUT2D eigenvalue weighted by atomic mass is 16.5. The summed E-state index contributed by atoms with van der Waals surface area (Å²) in [5, 5.41) is 6.00. The van der Waals surface area contributed by atoms with Gasteiger partial charge in [0.05, 0.1) is 19.8 Å². The number of unbranched alkanes of at least 4 members (excludes halogenated alkanes) is 2. The number of rotatable bonds is 12. The molecular weight excluding hydrogens is 340 g/mol. The molecule has 0 aliphatic carbocycles. The van der Waals surface area contributed by atoms with Gasteiger partial charge in [0.25, 0.3) is 0 Å². The van der Waals surface area contributed by atoms with Crippen LogP contribution in [0.5, 0.6) is 11.5 Å². The predicted molar refractivity (Wildman–Crippen MR) is 111 cm³/mol. The molecule has 146 valence electrons. The van der Waals surface area contributed by atoms with Crippen LogP contribution in [-0.4, -0.2) is 25.7 Å². The van der Waals surface area contributed by atoms with Crippen LogP contribution in [0.3, 0.4) is 0 Å². The van der Waals surface area contributed by atoms with Crippen LogP contribution in [0.2, 0.25) is 0 Å². The van der Waals surface area contributed by atoms with E-state index in [-0.39, 0.29) is 12.5 Å². The van der Waals surface area contributed by atoms with E-state index in [0.717, 1.165) is 48.6 Å². The lowest BCUT2D eigenvalue weighted by Gasteiger charge is -2.11. The zero-order valence-corrected chi connectivity index (χ0v) is 16.3. The number of benzene rings is 2. The summed E-state index contributed by atoms with van der Waals surface area (Å²) in [6.45, 7) is 5.87. The second kappa shape index (κ2) is 11.8. The summed E-state index contributed by atoms with van der Waals surface area (Å²) in [4.78, 5) is 12.1. The predicted octanol–water partition coefficient (Wildman–Crippen LogP) is 5.10. The van der Waals surface area contributed by atoms with Crippen molar-refractivity contribution < 1.29 is 14.3 Å². The molecule has 2 rings (SSSR count). The molecule has 27 heavy (non-hydrogen) atoms. The molecule has 0 saturated carbocycles. The maximum atomic E-state index is 12.1. The second-order valence-electron chi connectivity index (χ2n) is 6.36. The molecule has 5 heteroatoms.